The molecule has 1 aromatic rings. The Morgan fingerprint density at radius 2 is 2.30 bits per heavy atom. The molecule has 0 atom stereocenters. The quantitative estimate of drug-likeness (QED) is 0.584. The summed E-state index contributed by atoms with van der Waals surface area (Å²) in [4.78, 5) is 3.87. The van der Waals surface area contributed by atoms with Crippen LogP contribution in [0.1, 0.15) is 5.69 Å². The Balaban J connectivity index is 3.25. The zero-order valence-electron chi connectivity index (χ0n) is 4.87. The molecule has 0 saturated carbocycles. The van der Waals surface area contributed by atoms with Gasteiger partial charge in [0.25, 0.3) is 0 Å². The van der Waals surface area contributed by atoms with Crippen LogP contribution in [0.25, 0.3) is 0 Å². The molecule has 4 heteroatoms. The second kappa shape index (κ2) is 3.05. The molecule has 0 amide bonds. The topological polar surface area (TPSA) is 36.7 Å². The Morgan fingerprint density at radius 1 is 1.60 bits per heavy atom. The third-order valence-electron chi connectivity index (χ3n) is 0.937. The fraction of sp³-hybridized carbons (Fsp3) is 0. The zero-order valence-corrected chi connectivity index (χ0v) is 7.51. The Kier molecular flexibility index (Phi) is 2.32. The second-order valence-electron chi connectivity index (χ2n) is 1.61. The van der Waals surface area contributed by atoms with Crippen LogP contribution in [-0.2, 0) is 0 Å². The van der Waals surface area contributed by atoms with E-state index in [4.69, 9.17) is 16.9 Å². The van der Waals surface area contributed by atoms with Gasteiger partial charge in [-0.3, -0.25) is 0 Å². The fourth-order valence-electron chi connectivity index (χ4n) is 0.510. The Bertz CT molecular complexity index is 292. The molecule has 0 aliphatic rings. The van der Waals surface area contributed by atoms with E-state index in [0.717, 1.165) is 4.48 Å². The van der Waals surface area contributed by atoms with Gasteiger partial charge in [0.1, 0.15) is 0 Å². The number of nitriles is 1. The molecule has 10 heavy (non-hydrogen) atoms. The van der Waals surface area contributed by atoms with Crippen LogP contribution in [0, 0.1) is 11.3 Å². The molecular weight excluding hydrogens is 210 g/mol. The summed E-state index contributed by atoms with van der Waals surface area (Å²) in [6, 6.07) is 5.28. The van der Waals surface area contributed by atoms with E-state index in [1.807, 2.05) is 6.07 Å². The summed E-state index contributed by atoms with van der Waals surface area (Å²) in [5.74, 6) is 0. The van der Waals surface area contributed by atoms with Crippen molar-refractivity contribution in [3.8, 4) is 6.07 Å². The van der Waals surface area contributed by atoms with Crippen LogP contribution in [0.2, 0.25) is 5.02 Å². The van der Waals surface area contributed by atoms with Crippen LogP contribution in [0.3, 0.4) is 0 Å². The molecule has 1 rings (SSSR count). The molecule has 0 spiro atoms. The first-order chi connectivity index (χ1) is 4.74. The molecule has 0 fully saturated rings. The third kappa shape index (κ3) is 1.50. The summed E-state index contributed by atoms with van der Waals surface area (Å²) in [5.41, 5.74) is 0.278. The van der Waals surface area contributed by atoms with Gasteiger partial charge in [-0.1, -0.05) is 0 Å². The van der Waals surface area contributed by atoms with Crippen LogP contribution in [0.5, 0.6) is 0 Å². The average molecular weight is 212 g/mol. The van der Waals surface area contributed by atoms with E-state index in [9.17, 15) is 0 Å². The van der Waals surface area contributed by atoms with Crippen molar-refractivity contribution in [2.75, 3.05) is 0 Å². The van der Waals surface area contributed by atoms with Crippen molar-refractivity contribution in [2.24, 2.45) is 0 Å². The van der Waals surface area contributed by atoms with Gasteiger partial charge in [0.05, 0.1) is 0 Å². The normalized spacial score (nSPS) is 8.90. The summed E-state index contributed by atoms with van der Waals surface area (Å²) < 4.78 is 0.744. The van der Waals surface area contributed by atoms with Crippen molar-refractivity contribution < 1.29 is 0 Å². The van der Waals surface area contributed by atoms with Crippen molar-refractivity contribution in [3.63, 3.8) is 0 Å². The molecule has 0 bridgehead atoms. The molecule has 0 saturated heterocycles. The van der Waals surface area contributed by atoms with Gasteiger partial charge in [0.15, 0.2) is 0 Å². The van der Waals surface area contributed by atoms with E-state index in [1.165, 1.54) is 0 Å². The van der Waals surface area contributed by atoms with Gasteiger partial charge in [-0.05, 0) is 0 Å². The summed E-state index contributed by atoms with van der Waals surface area (Å²) in [5, 5.41) is 8.84. The van der Waals surface area contributed by atoms with E-state index in [1.54, 1.807) is 12.1 Å². The first-order valence-electron chi connectivity index (χ1n) is 2.49. The Hall–Kier alpha value is -0.512. The first kappa shape index (κ1) is 7.59. The maximum absolute atomic E-state index is 8.44. The zero-order chi connectivity index (χ0) is 7.56. The summed E-state index contributed by atoms with van der Waals surface area (Å²) >= 11 is 7.85. The molecule has 1 aromatic heterocycles. The number of halogens is 1. The molecule has 0 aliphatic heterocycles. The van der Waals surface area contributed by atoms with E-state index in [0.29, 0.717) is 5.02 Å². The number of hydrogen-bond acceptors (Lipinski definition) is 2. The Labute approximate surface area is 72.3 Å². The van der Waals surface area contributed by atoms with Crippen molar-refractivity contribution in [3.05, 3.63) is 22.8 Å². The predicted octanol–water partition coefficient (Wildman–Crippen LogP) is 0.400. The molecule has 1 heterocycles. The number of nitrogens with zero attached hydrogens (tertiary/aromatic N) is 2. The van der Waals surface area contributed by atoms with Crippen LogP contribution in [0.4, 0.5) is 0 Å². The summed E-state index contributed by atoms with van der Waals surface area (Å²) in [6.45, 7) is 0. The van der Waals surface area contributed by atoms with E-state index in [-0.39, 0.29) is 5.69 Å². The van der Waals surface area contributed by atoms with Gasteiger partial charge in [0.2, 0.25) is 0 Å². The summed E-state index contributed by atoms with van der Waals surface area (Å²) in [7, 11) is 0. The van der Waals surface area contributed by atoms with Gasteiger partial charge < -0.3 is 0 Å². The van der Waals surface area contributed by atoms with Gasteiger partial charge in [-0.15, -0.1) is 0 Å². The summed E-state index contributed by atoms with van der Waals surface area (Å²) in [6.07, 6.45) is 0. The molecule has 2 radical (unpaired) electrons. The third-order valence-corrected chi connectivity index (χ3v) is 1.76. The molecular formula is C6H2AsClN2. The van der Waals surface area contributed by atoms with Crippen molar-refractivity contribution in [1.82, 2.24) is 4.98 Å². The monoisotopic (exact) mass is 212 g/mol. The number of aromatic nitrogens is 1. The minimum absolute atomic E-state index is 0.278. The first-order valence-corrected chi connectivity index (χ1v) is 3.81. The van der Waals surface area contributed by atoms with Gasteiger partial charge in [0, 0.05) is 0 Å². The van der Waals surface area contributed by atoms with Gasteiger partial charge >= 0.3 is 72.1 Å². The minimum atomic E-state index is 0.278. The fourth-order valence-corrected chi connectivity index (χ4v) is 1.02. The standard InChI is InChI=1S/C6H2AsClN2/c7-6-2-1-4(8)5(3-9)10-6/h1-2H. The van der Waals surface area contributed by atoms with Crippen LogP contribution in [-0.4, -0.2) is 21.8 Å². The Morgan fingerprint density at radius 3 is 2.80 bits per heavy atom. The molecule has 0 aliphatic carbocycles. The van der Waals surface area contributed by atoms with E-state index in [2.05, 4.69) is 21.8 Å². The van der Waals surface area contributed by atoms with Crippen LogP contribution < -0.4 is 4.48 Å². The van der Waals surface area contributed by atoms with Gasteiger partial charge in [-0.2, -0.15) is 0 Å². The number of rotatable bonds is 0. The van der Waals surface area contributed by atoms with Crippen LogP contribution in [0.15, 0.2) is 12.1 Å². The average Bonchev–Trinajstić information content (AvgIpc) is 1.94. The van der Waals surface area contributed by atoms with E-state index < -0.39 is 0 Å². The van der Waals surface area contributed by atoms with E-state index >= 15 is 0 Å². The molecule has 0 aromatic carbocycles. The van der Waals surface area contributed by atoms with Crippen LogP contribution >= 0.6 is 11.6 Å². The molecule has 0 unspecified atom stereocenters. The molecule has 48 valence electrons. The SMILES string of the molecule is N#Cc1nc([As])ccc1Cl. The predicted molar refractivity (Wildman–Crippen MR) is 39.4 cm³/mol. The number of pyridine rings is 1. The van der Waals surface area contributed by atoms with Crippen molar-refractivity contribution in [1.29, 1.82) is 5.26 Å². The maximum atomic E-state index is 8.44. The van der Waals surface area contributed by atoms with Crippen molar-refractivity contribution in [2.45, 2.75) is 0 Å². The van der Waals surface area contributed by atoms with Crippen molar-refractivity contribution >= 4 is 32.9 Å². The number of hydrogen-bond donors (Lipinski definition) is 0. The molecule has 2 nitrogen and oxygen atoms in total. The molecule has 0 N–H and O–H groups in total. The van der Waals surface area contributed by atoms with Gasteiger partial charge in [-0.25, -0.2) is 0 Å². The second-order valence-corrected chi connectivity index (χ2v) is 2.98.